The van der Waals surface area contributed by atoms with Crippen LogP contribution in [0, 0.1) is 0 Å². The highest BCUT2D eigenvalue weighted by atomic mass is 32.1. The summed E-state index contributed by atoms with van der Waals surface area (Å²) >= 11 is 1.29. The van der Waals surface area contributed by atoms with Crippen LogP contribution in [0.25, 0.3) is 0 Å². The minimum absolute atomic E-state index is 0.183. The number of carbonyl (C=O) groups is 1. The Kier molecular flexibility index (Phi) is 3.03. The molecule has 0 aliphatic carbocycles. The molecule has 13 heavy (non-hydrogen) atoms. The normalized spacial score (nSPS) is 10.8. The second kappa shape index (κ2) is 3.87. The Morgan fingerprint density at radius 2 is 2.23 bits per heavy atom. The van der Waals surface area contributed by atoms with Crippen LogP contribution in [0.3, 0.4) is 0 Å². The van der Waals surface area contributed by atoms with Crippen LogP contribution >= 0.6 is 11.3 Å². The summed E-state index contributed by atoms with van der Waals surface area (Å²) in [6, 6.07) is 0. The molecule has 0 atom stereocenters. The Morgan fingerprint density at radius 1 is 1.62 bits per heavy atom. The summed E-state index contributed by atoms with van der Waals surface area (Å²) in [5, 5.41) is 9.80. The number of rotatable bonds is 3. The van der Waals surface area contributed by atoms with Crippen molar-refractivity contribution in [1.29, 1.82) is 0 Å². The average molecular weight is 199 g/mol. The highest BCUT2D eigenvalue weighted by molar-refractivity contribution is 7.13. The Bertz CT molecular complexity index is 317. The highest BCUT2D eigenvalue weighted by Gasteiger charge is 2.18. The average Bonchev–Trinajstić information content (AvgIpc) is 2.47. The molecule has 1 N–H and O–H groups in total. The summed E-state index contributed by atoms with van der Waals surface area (Å²) in [5.74, 6) is -0.677. The van der Waals surface area contributed by atoms with Crippen molar-refractivity contribution in [1.82, 2.24) is 4.98 Å². The third-order valence-electron chi connectivity index (χ3n) is 1.74. The van der Waals surface area contributed by atoms with Gasteiger partial charge in [-0.05, 0) is 12.3 Å². The van der Waals surface area contributed by atoms with Gasteiger partial charge in [-0.1, -0.05) is 20.8 Å². The maximum absolute atomic E-state index is 10.8. The molecule has 0 aliphatic heterocycles. The molecule has 1 heterocycles. The first-order valence-corrected chi connectivity index (χ1v) is 5.10. The van der Waals surface area contributed by atoms with Crippen LogP contribution in [-0.4, -0.2) is 16.1 Å². The van der Waals surface area contributed by atoms with Crippen LogP contribution in [0.2, 0.25) is 0 Å². The molecule has 72 valence electrons. The molecule has 0 aliphatic rings. The second-order valence-electron chi connectivity index (χ2n) is 3.14. The Labute approximate surface area is 81.4 Å². The summed E-state index contributed by atoms with van der Waals surface area (Å²) in [4.78, 5) is 15.5. The summed E-state index contributed by atoms with van der Waals surface area (Å²) in [6.07, 6.45) is 0.803. The fraction of sp³-hybridized carbons (Fsp3) is 0.556. The SMILES string of the molecule is CCc1nc(C(C)C)c(C(=O)O)s1. The van der Waals surface area contributed by atoms with Gasteiger partial charge < -0.3 is 5.11 Å². The Hall–Kier alpha value is -0.900. The first-order chi connectivity index (χ1) is 6.06. The van der Waals surface area contributed by atoms with E-state index in [-0.39, 0.29) is 5.92 Å². The van der Waals surface area contributed by atoms with E-state index in [1.54, 1.807) is 0 Å². The number of aromatic carboxylic acids is 1. The fourth-order valence-corrected chi connectivity index (χ4v) is 2.07. The van der Waals surface area contributed by atoms with Crippen LogP contribution < -0.4 is 0 Å². The summed E-state index contributed by atoms with van der Waals surface area (Å²) in [5.41, 5.74) is 0.717. The molecule has 0 amide bonds. The van der Waals surface area contributed by atoms with Crippen molar-refractivity contribution >= 4 is 17.3 Å². The number of nitrogens with zero attached hydrogens (tertiary/aromatic N) is 1. The molecule has 0 saturated heterocycles. The molecule has 0 radical (unpaired) electrons. The number of hydrogen-bond donors (Lipinski definition) is 1. The third kappa shape index (κ3) is 2.06. The smallest absolute Gasteiger partial charge is 0.347 e. The van der Waals surface area contributed by atoms with Crippen LogP contribution in [0.15, 0.2) is 0 Å². The number of thiazole rings is 1. The molecule has 1 rings (SSSR count). The predicted molar refractivity (Wildman–Crippen MR) is 52.5 cm³/mol. The van der Waals surface area contributed by atoms with Crippen LogP contribution in [-0.2, 0) is 6.42 Å². The molecule has 1 aromatic rings. The maximum atomic E-state index is 10.8. The van der Waals surface area contributed by atoms with E-state index < -0.39 is 5.97 Å². The van der Waals surface area contributed by atoms with Gasteiger partial charge in [-0.25, -0.2) is 9.78 Å². The van der Waals surface area contributed by atoms with E-state index in [4.69, 9.17) is 5.11 Å². The lowest BCUT2D eigenvalue weighted by molar-refractivity contribution is 0.0700. The van der Waals surface area contributed by atoms with Gasteiger partial charge in [0, 0.05) is 0 Å². The number of aromatic nitrogens is 1. The van der Waals surface area contributed by atoms with Gasteiger partial charge in [-0.2, -0.15) is 0 Å². The van der Waals surface area contributed by atoms with Gasteiger partial charge in [-0.15, -0.1) is 11.3 Å². The lowest BCUT2D eigenvalue weighted by atomic mass is 10.1. The molecule has 0 spiro atoms. The van der Waals surface area contributed by atoms with Crippen LogP contribution in [0.5, 0.6) is 0 Å². The zero-order chi connectivity index (χ0) is 10.0. The molecule has 0 bridgehead atoms. The van der Waals surface area contributed by atoms with E-state index in [0.29, 0.717) is 10.6 Å². The summed E-state index contributed by atoms with van der Waals surface area (Å²) in [6.45, 7) is 5.90. The van der Waals surface area contributed by atoms with Crippen LogP contribution in [0.1, 0.15) is 47.1 Å². The van der Waals surface area contributed by atoms with Crippen molar-refractivity contribution < 1.29 is 9.90 Å². The molecule has 0 saturated carbocycles. The van der Waals surface area contributed by atoms with Crippen molar-refractivity contribution in [3.8, 4) is 0 Å². The van der Waals surface area contributed by atoms with Gasteiger partial charge >= 0.3 is 5.97 Å². The molecular weight excluding hydrogens is 186 g/mol. The largest absolute Gasteiger partial charge is 0.477 e. The second-order valence-corrected chi connectivity index (χ2v) is 4.22. The zero-order valence-electron chi connectivity index (χ0n) is 8.00. The van der Waals surface area contributed by atoms with Crippen molar-refractivity contribution in [2.24, 2.45) is 0 Å². The predicted octanol–water partition coefficient (Wildman–Crippen LogP) is 2.53. The van der Waals surface area contributed by atoms with Gasteiger partial charge in [0.2, 0.25) is 0 Å². The number of hydrogen-bond acceptors (Lipinski definition) is 3. The number of carboxylic acid groups (broad SMARTS) is 1. The molecule has 0 aromatic carbocycles. The quantitative estimate of drug-likeness (QED) is 0.813. The van der Waals surface area contributed by atoms with Crippen molar-refractivity contribution in [2.75, 3.05) is 0 Å². The zero-order valence-corrected chi connectivity index (χ0v) is 8.81. The van der Waals surface area contributed by atoms with Gasteiger partial charge in [0.05, 0.1) is 10.7 Å². The van der Waals surface area contributed by atoms with Gasteiger partial charge in [-0.3, -0.25) is 0 Å². The van der Waals surface area contributed by atoms with E-state index >= 15 is 0 Å². The van der Waals surface area contributed by atoms with Crippen LogP contribution in [0.4, 0.5) is 0 Å². The first kappa shape index (κ1) is 10.2. The van der Waals surface area contributed by atoms with E-state index in [0.717, 1.165) is 11.4 Å². The molecule has 0 fully saturated rings. The Morgan fingerprint density at radius 3 is 2.54 bits per heavy atom. The van der Waals surface area contributed by atoms with Crippen molar-refractivity contribution in [3.63, 3.8) is 0 Å². The fourth-order valence-electron chi connectivity index (χ4n) is 1.07. The standard InChI is InChI=1S/C9H13NO2S/c1-4-6-10-7(5(2)3)8(13-6)9(11)12/h5H,4H2,1-3H3,(H,11,12). The van der Waals surface area contributed by atoms with Crippen molar-refractivity contribution in [3.05, 3.63) is 15.6 Å². The lowest BCUT2D eigenvalue weighted by Gasteiger charge is -2.00. The number of carboxylic acids is 1. The topological polar surface area (TPSA) is 50.2 Å². The van der Waals surface area contributed by atoms with Gasteiger partial charge in [0.15, 0.2) is 0 Å². The Balaban J connectivity index is 3.15. The van der Waals surface area contributed by atoms with Crippen molar-refractivity contribution in [2.45, 2.75) is 33.1 Å². The minimum Gasteiger partial charge on any atom is -0.477 e. The molecule has 4 heteroatoms. The van der Waals surface area contributed by atoms with E-state index in [9.17, 15) is 4.79 Å². The van der Waals surface area contributed by atoms with E-state index in [1.807, 2.05) is 20.8 Å². The highest BCUT2D eigenvalue weighted by Crippen LogP contribution is 2.25. The monoisotopic (exact) mass is 199 g/mol. The lowest BCUT2D eigenvalue weighted by Crippen LogP contribution is -2.00. The van der Waals surface area contributed by atoms with E-state index in [1.165, 1.54) is 11.3 Å². The third-order valence-corrected chi connectivity index (χ3v) is 2.94. The molecule has 1 aromatic heterocycles. The summed E-state index contributed by atoms with van der Waals surface area (Å²) in [7, 11) is 0. The summed E-state index contributed by atoms with van der Waals surface area (Å²) < 4.78 is 0. The van der Waals surface area contributed by atoms with Gasteiger partial charge in [0.1, 0.15) is 4.88 Å². The molecular formula is C9H13NO2S. The van der Waals surface area contributed by atoms with E-state index in [2.05, 4.69) is 4.98 Å². The number of aryl methyl sites for hydroxylation is 1. The first-order valence-electron chi connectivity index (χ1n) is 4.29. The molecule has 0 unspecified atom stereocenters. The van der Waals surface area contributed by atoms with Gasteiger partial charge in [0.25, 0.3) is 0 Å². The molecule has 3 nitrogen and oxygen atoms in total. The minimum atomic E-state index is -0.860. The maximum Gasteiger partial charge on any atom is 0.347 e.